The van der Waals surface area contributed by atoms with Crippen LogP contribution in [0.4, 0.5) is 0 Å². The Bertz CT molecular complexity index is 3730. The maximum Gasteiger partial charge on any atom is 0.238 e. The van der Waals surface area contributed by atoms with Gasteiger partial charge < -0.3 is 0 Å². The van der Waals surface area contributed by atoms with Gasteiger partial charge in [0.15, 0.2) is 11.6 Å². The lowest BCUT2D eigenvalue weighted by Crippen LogP contribution is -2.31. The van der Waals surface area contributed by atoms with Crippen molar-refractivity contribution in [3.8, 4) is 62.1 Å². The first kappa shape index (κ1) is 34.7. The van der Waals surface area contributed by atoms with E-state index in [1.165, 1.54) is 82.9 Å². The molecule has 0 N–H and O–H groups in total. The summed E-state index contributed by atoms with van der Waals surface area (Å²) in [7, 11) is 0. The molecule has 4 heteroatoms. The summed E-state index contributed by atoms with van der Waals surface area (Å²) in [4.78, 5) is 16.1. The van der Waals surface area contributed by atoms with Crippen LogP contribution in [0.15, 0.2) is 194 Å². The molecule has 0 fully saturated rings. The highest BCUT2D eigenvalue weighted by molar-refractivity contribution is 6.26. The van der Waals surface area contributed by atoms with Gasteiger partial charge in [0, 0.05) is 27.3 Å². The quantitative estimate of drug-likeness (QED) is 0.179. The number of nitrogens with zero attached hydrogens (tertiary/aromatic N) is 4. The van der Waals surface area contributed by atoms with Crippen LogP contribution in [0.5, 0.6) is 0 Å². The standard InChI is InChI=1S/C59H38N4/c1-58(2)45-25-11-6-19-37(45)41-32-31-36(33-50(41)58)56-60-55(35-17-4-3-5-18-35)61-57(62-56)63-51-30-15-10-23-42(51)54-43-24-16-29-49-53(43)44(34-52(54)63)40-22-9-14-28-48(40)59(49)46-26-12-7-20-38(46)39-21-8-13-27-47(39)59/h3-34H,1-2H3. The van der Waals surface area contributed by atoms with Crippen LogP contribution in [0.25, 0.3) is 94.7 Å². The molecule has 9 aromatic carbocycles. The first-order valence-electron chi connectivity index (χ1n) is 21.9. The third-order valence-electron chi connectivity index (χ3n) is 14.5. The number of benzene rings is 9. The molecule has 0 unspecified atom stereocenters. The molecule has 3 aliphatic rings. The molecule has 14 rings (SSSR count). The SMILES string of the molecule is CC1(C)c2ccccc2-c2ccc(-c3nc(-c4ccccc4)nc(-n4c5ccccc5c5c6cccc7c6c(cc54)-c4ccccc4C74c5ccccc5-c5ccccc54)n3)cc21. The maximum atomic E-state index is 5.45. The van der Waals surface area contributed by atoms with Crippen molar-refractivity contribution in [1.29, 1.82) is 0 Å². The van der Waals surface area contributed by atoms with Crippen LogP contribution in [0.3, 0.4) is 0 Å². The summed E-state index contributed by atoms with van der Waals surface area (Å²) in [6.45, 7) is 4.64. The van der Waals surface area contributed by atoms with Gasteiger partial charge in [-0.15, -0.1) is 0 Å². The van der Waals surface area contributed by atoms with E-state index in [1.54, 1.807) is 0 Å². The third kappa shape index (κ3) is 4.42. The topological polar surface area (TPSA) is 43.6 Å². The molecule has 63 heavy (non-hydrogen) atoms. The van der Waals surface area contributed by atoms with Crippen molar-refractivity contribution in [3.05, 3.63) is 228 Å². The van der Waals surface area contributed by atoms with E-state index in [4.69, 9.17) is 15.0 Å². The van der Waals surface area contributed by atoms with Crippen LogP contribution in [-0.2, 0) is 10.8 Å². The molecule has 4 nitrogen and oxygen atoms in total. The van der Waals surface area contributed by atoms with E-state index >= 15 is 0 Å². The number of para-hydroxylation sites is 1. The van der Waals surface area contributed by atoms with Gasteiger partial charge in [-0.2, -0.15) is 9.97 Å². The van der Waals surface area contributed by atoms with Gasteiger partial charge in [0.05, 0.1) is 16.4 Å². The Labute approximate surface area is 364 Å². The molecule has 0 atom stereocenters. The van der Waals surface area contributed by atoms with Crippen molar-refractivity contribution in [2.24, 2.45) is 0 Å². The fourth-order valence-corrected chi connectivity index (χ4v) is 11.8. The van der Waals surface area contributed by atoms with E-state index in [9.17, 15) is 0 Å². The van der Waals surface area contributed by atoms with Gasteiger partial charge in [0.2, 0.25) is 5.95 Å². The zero-order valence-corrected chi connectivity index (χ0v) is 34.8. The normalized spacial score (nSPS) is 14.4. The molecule has 2 aromatic heterocycles. The summed E-state index contributed by atoms with van der Waals surface area (Å²) >= 11 is 0. The van der Waals surface area contributed by atoms with Crippen LogP contribution in [0.2, 0.25) is 0 Å². The van der Waals surface area contributed by atoms with E-state index in [-0.39, 0.29) is 5.41 Å². The van der Waals surface area contributed by atoms with Gasteiger partial charge in [-0.25, -0.2) is 4.98 Å². The summed E-state index contributed by atoms with van der Waals surface area (Å²) in [6, 6.07) is 71.1. The molecular formula is C59H38N4. The lowest BCUT2D eigenvalue weighted by Gasteiger charge is -2.40. The predicted octanol–water partition coefficient (Wildman–Crippen LogP) is 14.1. The fourth-order valence-electron chi connectivity index (χ4n) is 11.8. The van der Waals surface area contributed by atoms with E-state index in [0.717, 1.165) is 27.5 Å². The highest BCUT2D eigenvalue weighted by Crippen LogP contribution is 2.62. The highest BCUT2D eigenvalue weighted by Gasteiger charge is 2.50. The van der Waals surface area contributed by atoms with Crippen molar-refractivity contribution in [2.75, 3.05) is 0 Å². The molecule has 294 valence electrons. The first-order valence-corrected chi connectivity index (χ1v) is 21.9. The van der Waals surface area contributed by atoms with Gasteiger partial charge in [-0.3, -0.25) is 4.57 Å². The zero-order chi connectivity index (χ0) is 41.6. The minimum Gasteiger partial charge on any atom is -0.278 e. The van der Waals surface area contributed by atoms with Crippen molar-refractivity contribution in [3.63, 3.8) is 0 Å². The second-order valence-electron chi connectivity index (χ2n) is 17.9. The summed E-state index contributed by atoms with van der Waals surface area (Å²) in [5, 5.41) is 4.88. The number of hydrogen-bond acceptors (Lipinski definition) is 3. The molecule has 0 saturated heterocycles. The number of hydrogen-bond donors (Lipinski definition) is 0. The van der Waals surface area contributed by atoms with Crippen LogP contribution < -0.4 is 0 Å². The monoisotopic (exact) mass is 802 g/mol. The molecule has 0 aliphatic heterocycles. The second kappa shape index (κ2) is 12.3. The second-order valence-corrected chi connectivity index (χ2v) is 17.9. The van der Waals surface area contributed by atoms with Gasteiger partial charge in [0.1, 0.15) is 0 Å². The van der Waals surface area contributed by atoms with Crippen molar-refractivity contribution in [2.45, 2.75) is 24.7 Å². The molecule has 0 bridgehead atoms. The number of rotatable bonds is 3. The van der Waals surface area contributed by atoms with Crippen LogP contribution in [0.1, 0.15) is 47.2 Å². The van der Waals surface area contributed by atoms with Crippen LogP contribution >= 0.6 is 0 Å². The molecule has 1 spiro atoms. The maximum absolute atomic E-state index is 5.45. The van der Waals surface area contributed by atoms with Gasteiger partial charge in [-0.1, -0.05) is 190 Å². The van der Waals surface area contributed by atoms with E-state index < -0.39 is 5.41 Å². The van der Waals surface area contributed by atoms with E-state index in [2.05, 4.69) is 194 Å². The molecule has 0 saturated carbocycles. The Kier molecular flexibility index (Phi) is 6.80. The minimum atomic E-state index is -0.470. The highest BCUT2D eigenvalue weighted by atomic mass is 15.2. The Morgan fingerprint density at radius 1 is 0.349 bits per heavy atom. The van der Waals surface area contributed by atoms with Gasteiger partial charge in [-0.05, 0) is 95.7 Å². The van der Waals surface area contributed by atoms with Crippen molar-refractivity contribution >= 4 is 32.6 Å². The van der Waals surface area contributed by atoms with E-state index in [0.29, 0.717) is 17.6 Å². The Balaban J connectivity index is 1.07. The zero-order valence-electron chi connectivity index (χ0n) is 34.8. The lowest BCUT2D eigenvalue weighted by atomic mass is 9.61. The Morgan fingerprint density at radius 3 is 1.57 bits per heavy atom. The Hall–Kier alpha value is -7.95. The number of fused-ring (bicyclic) bond motifs is 16. The molecule has 0 amide bonds. The minimum absolute atomic E-state index is 0.161. The average Bonchev–Trinajstić information content (AvgIpc) is 3.92. The molecule has 2 heterocycles. The summed E-state index contributed by atoms with van der Waals surface area (Å²) in [5.41, 5.74) is 19.0. The van der Waals surface area contributed by atoms with Crippen molar-refractivity contribution < 1.29 is 0 Å². The van der Waals surface area contributed by atoms with Crippen molar-refractivity contribution in [1.82, 2.24) is 19.5 Å². The predicted molar refractivity (Wildman–Crippen MR) is 256 cm³/mol. The summed E-state index contributed by atoms with van der Waals surface area (Å²) < 4.78 is 2.28. The molecular weight excluding hydrogens is 765 g/mol. The third-order valence-corrected chi connectivity index (χ3v) is 14.5. The van der Waals surface area contributed by atoms with Gasteiger partial charge in [0.25, 0.3) is 0 Å². The lowest BCUT2D eigenvalue weighted by molar-refractivity contribution is 0.660. The summed E-state index contributed by atoms with van der Waals surface area (Å²) in [6.07, 6.45) is 0. The first-order chi connectivity index (χ1) is 31.0. The Morgan fingerprint density at radius 2 is 0.873 bits per heavy atom. The molecule has 11 aromatic rings. The van der Waals surface area contributed by atoms with Crippen LogP contribution in [-0.4, -0.2) is 19.5 Å². The van der Waals surface area contributed by atoms with Crippen LogP contribution in [0, 0.1) is 0 Å². The van der Waals surface area contributed by atoms with Gasteiger partial charge >= 0.3 is 0 Å². The average molecular weight is 803 g/mol. The largest absolute Gasteiger partial charge is 0.278 e. The fraction of sp³-hybridized carbons (Fsp3) is 0.0678. The molecule has 0 radical (unpaired) electrons. The summed E-state index contributed by atoms with van der Waals surface area (Å²) in [5.74, 6) is 1.88. The number of aromatic nitrogens is 4. The van der Waals surface area contributed by atoms with E-state index in [1.807, 2.05) is 18.2 Å². The smallest absolute Gasteiger partial charge is 0.238 e. The molecule has 3 aliphatic carbocycles.